The molecule has 0 amide bonds. The Kier molecular flexibility index (Phi) is 6.39. The Hall–Kier alpha value is -1.86. The molecule has 0 unspecified atom stereocenters. The number of hydrogen-bond acceptors (Lipinski definition) is 6. The summed E-state index contributed by atoms with van der Waals surface area (Å²) in [6.07, 6.45) is 0.682. The summed E-state index contributed by atoms with van der Waals surface area (Å²) in [6.45, 7) is 8.15. The van der Waals surface area contributed by atoms with Crippen molar-refractivity contribution in [1.29, 1.82) is 0 Å². The highest BCUT2D eigenvalue weighted by Gasteiger charge is 2.28. The number of nitrogens with zero attached hydrogens (tertiary/aromatic N) is 3. The molecule has 8 heteroatoms. The van der Waals surface area contributed by atoms with E-state index in [1.807, 2.05) is 11.8 Å². The summed E-state index contributed by atoms with van der Waals surface area (Å²) in [5.74, 6) is -0.593. The Bertz CT molecular complexity index is 616. The van der Waals surface area contributed by atoms with Crippen LogP contribution in [0.25, 0.3) is 0 Å². The summed E-state index contributed by atoms with van der Waals surface area (Å²) in [4.78, 5) is 27.1. The summed E-state index contributed by atoms with van der Waals surface area (Å²) in [5, 5.41) is 11.7. The molecule has 1 heterocycles. The summed E-state index contributed by atoms with van der Waals surface area (Å²) >= 11 is 6.29. The molecule has 0 radical (unpaired) electrons. The zero-order valence-electron chi connectivity index (χ0n) is 14.0. The number of hydrogen-bond donors (Lipinski definition) is 0. The molecule has 1 aromatic rings. The van der Waals surface area contributed by atoms with Gasteiger partial charge in [-0.2, -0.15) is 0 Å². The highest BCUT2D eigenvalue weighted by atomic mass is 35.5. The van der Waals surface area contributed by atoms with E-state index in [0.29, 0.717) is 25.2 Å². The van der Waals surface area contributed by atoms with Gasteiger partial charge in [0.1, 0.15) is 5.69 Å². The van der Waals surface area contributed by atoms with Crippen LogP contribution in [0.4, 0.5) is 11.4 Å². The number of halogens is 1. The molecule has 1 aliphatic rings. The maximum Gasteiger partial charge on any atom is 0.338 e. The minimum atomic E-state index is -0.593. The fourth-order valence-electron chi connectivity index (χ4n) is 2.72. The fourth-order valence-corrected chi connectivity index (χ4v) is 3.05. The molecule has 0 spiro atoms. The number of benzene rings is 1. The number of ether oxygens (including phenoxy) is 1. The third-order valence-corrected chi connectivity index (χ3v) is 4.34. The molecule has 24 heavy (non-hydrogen) atoms. The lowest BCUT2D eigenvalue weighted by molar-refractivity contribution is -0.384. The topological polar surface area (TPSA) is 75.9 Å². The molecule has 1 fully saturated rings. The van der Waals surface area contributed by atoms with Crippen LogP contribution in [-0.4, -0.2) is 55.1 Å². The zero-order valence-corrected chi connectivity index (χ0v) is 14.7. The minimum absolute atomic E-state index is 0.107. The van der Waals surface area contributed by atoms with Crippen molar-refractivity contribution in [3.05, 3.63) is 32.8 Å². The molecule has 0 aromatic heterocycles. The van der Waals surface area contributed by atoms with Gasteiger partial charge in [0.2, 0.25) is 0 Å². The van der Waals surface area contributed by atoms with Gasteiger partial charge in [-0.1, -0.05) is 25.4 Å². The van der Waals surface area contributed by atoms with E-state index in [2.05, 4.69) is 11.8 Å². The first-order valence-electron chi connectivity index (χ1n) is 8.10. The summed E-state index contributed by atoms with van der Waals surface area (Å²) in [5.41, 5.74) is 0.330. The van der Waals surface area contributed by atoms with E-state index < -0.39 is 10.9 Å². The molecule has 1 aliphatic heterocycles. The monoisotopic (exact) mass is 355 g/mol. The number of anilines is 1. The molecular weight excluding hydrogens is 334 g/mol. The van der Waals surface area contributed by atoms with Crippen molar-refractivity contribution in [1.82, 2.24) is 4.90 Å². The van der Waals surface area contributed by atoms with Crippen LogP contribution < -0.4 is 4.90 Å². The molecule has 1 aromatic carbocycles. The normalized spacial score (nSPS) is 15.4. The van der Waals surface area contributed by atoms with Gasteiger partial charge < -0.3 is 14.5 Å². The maximum atomic E-state index is 12.0. The molecule has 0 saturated carbocycles. The Morgan fingerprint density at radius 1 is 1.29 bits per heavy atom. The number of nitro groups is 1. The van der Waals surface area contributed by atoms with Crippen LogP contribution in [0.15, 0.2) is 12.1 Å². The van der Waals surface area contributed by atoms with Crippen LogP contribution in [-0.2, 0) is 4.74 Å². The smallest absolute Gasteiger partial charge is 0.338 e. The van der Waals surface area contributed by atoms with Gasteiger partial charge in [-0.3, -0.25) is 10.1 Å². The largest absolute Gasteiger partial charge is 0.462 e. The zero-order chi connectivity index (χ0) is 17.7. The van der Waals surface area contributed by atoms with E-state index in [0.717, 1.165) is 19.6 Å². The predicted octanol–water partition coefficient (Wildman–Crippen LogP) is 2.96. The van der Waals surface area contributed by atoms with Crippen LogP contribution >= 0.6 is 11.6 Å². The molecule has 0 aliphatic carbocycles. The van der Waals surface area contributed by atoms with Crippen LogP contribution in [0, 0.1) is 10.1 Å². The number of rotatable bonds is 6. The van der Waals surface area contributed by atoms with Crippen molar-refractivity contribution in [2.75, 3.05) is 44.2 Å². The number of likely N-dealkylation sites (N-methyl/N-ethyl adjacent to an activating group) is 1. The van der Waals surface area contributed by atoms with E-state index in [1.165, 1.54) is 12.1 Å². The third kappa shape index (κ3) is 4.15. The van der Waals surface area contributed by atoms with Crippen LogP contribution in [0.2, 0.25) is 5.02 Å². The SMILES string of the molecule is CCCOC(=O)c1cc(Cl)c(N2CCN(CC)CC2)c([N+](=O)[O-])c1. The van der Waals surface area contributed by atoms with Crippen LogP contribution in [0.3, 0.4) is 0 Å². The van der Waals surface area contributed by atoms with Crippen molar-refractivity contribution in [2.45, 2.75) is 20.3 Å². The van der Waals surface area contributed by atoms with Crippen molar-refractivity contribution in [3.8, 4) is 0 Å². The minimum Gasteiger partial charge on any atom is -0.462 e. The quantitative estimate of drug-likeness (QED) is 0.443. The van der Waals surface area contributed by atoms with Crippen LogP contribution in [0.5, 0.6) is 0 Å². The average Bonchev–Trinajstić information content (AvgIpc) is 2.59. The van der Waals surface area contributed by atoms with E-state index in [1.54, 1.807) is 0 Å². The van der Waals surface area contributed by atoms with Gasteiger partial charge in [-0.25, -0.2) is 4.79 Å². The first-order valence-corrected chi connectivity index (χ1v) is 8.48. The average molecular weight is 356 g/mol. The molecule has 7 nitrogen and oxygen atoms in total. The van der Waals surface area contributed by atoms with Gasteiger partial charge in [-0.15, -0.1) is 0 Å². The second-order valence-corrected chi connectivity index (χ2v) is 6.05. The summed E-state index contributed by atoms with van der Waals surface area (Å²) < 4.78 is 5.04. The van der Waals surface area contributed by atoms with E-state index in [-0.39, 0.29) is 22.9 Å². The first-order chi connectivity index (χ1) is 11.5. The predicted molar refractivity (Wildman–Crippen MR) is 93.0 cm³/mol. The highest BCUT2D eigenvalue weighted by Crippen LogP contribution is 2.37. The molecule has 1 saturated heterocycles. The summed E-state index contributed by atoms with van der Waals surface area (Å²) in [6, 6.07) is 2.71. The highest BCUT2D eigenvalue weighted by molar-refractivity contribution is 6.34. The second kappa shape index (κ2) is 8.30. The Morgan fingerprint density at radius 3 is 2.50 bits per heavy atom. The summed E-state index contributed by atoms with van der Waals surface area (Å²) in [7, 11) is 0. The van der Waals surface area contributed by atoms with Crippen molar-refractivity contribution >= 4 is 28.9 Å². The Labute approximate surface area is 146 Å². The second-order valence-electron chi connectivity index (χ2n) is 5.64. The van der Waals surface area contributed by atoms with Gasteiger partial charge in [0, 0.05) is 32.2 Å². The van der Waals surface area contributed by atoms with Crippen molar-refractivity contribution in [3.63, 3.8) is 0 Å². The Balaban J connectivity index is 2.31. The number of carbonyl (C=O) groups is 1. The van der Waals surface area contributed by atoms with E-state index >= 15 is 0 Å². The van der Waals surface area contributed by atoms with Crippen LogP contribution in [0.1, 0.15) is 30.6 Å². The van der Waals surface area contributed by atoms with Gasteiger partial charge >= 0.3 is 5.97 Å². The van der Waals surface area contributed by atoms with E-state index in [9.17, 15) is 14.9 Å². The third-order valence-electron chi connectivity index (χ3n) is 4.05. The first kappa shape index (κ1) is 18.5. The van der Waals surface area contributed by atoms with Gasteiger partial charge in [0.15, 0.2) is 0 Å². The number of esters is 1. The molecule has 132 valence electrons. The lowest BCUT2D eigenvalue weighted by Gasteiger charge is -2.35. The molecule has 2 rings (SSSR count). The van der Waals surface area contributed by atoms with E-state index in [4.69, 9.17) is 16.3 Å². The van der Waals surface area contributed by atoms with Gasteiger partial charge in [-0.05, 0) is 19.0 Å². The lowest BCUT2D eigenvalue weighted by Crippen LogP contribution is -2.46. The number of nitro benzene ring substituents is 1. The molecular formula is C16H22ClN3O4. The fraction of sp³-hybridized carbons (Fsp3) is 0.562. The standard InChI is InChI=1S/C16H22ClN3O4/c1-3-9-24-16(21)12-10-13(17)15(14(11-12)20(22)23)19-7-5-18(4-2)6-8-19/h10-11H,3-9H2,1-2H3. The molecule has 0 N–H and O–H groups in total. The van der Waals surface area contributed by atoms with Crippen molar-refractivity contribution in [2.24, 2.45) is 0 Å². The molecule has 0 atom stereocenters. The van der Waals surface area contributed by atoms with Gasteiger partial charge in [0.25, 0.3) is 5.69 Å². The molecule has 0 bridgehead atoms. The number of piperazine rings is 1. The van der Waals surface area contributed by atoms with Gasteiger partial charge in [0.05, 0.1) is 22.1 Å². The lowest BCUT2D eigenvalue weighted by atomic mass is 10.1. The maximum absolute atomic E-state index is 12.0. The van der Waals surface area contributed by atoms with Crippen molar-refractivity contribution < 1.29 is 14.5 Å². The number of carbonyl (C=O) groups excluding carboxylic acids is 1. The Morgan fingerprint density at radius 2 is 1.96 bits per heavy atom.